The summed E-state index contributed by atoms with van der Waals surface area (Å²) in [5.74, 6) is -1.92. The molecule has 0 radical (unpaired) electrons. The van der Waals surface area contributed by atoms with Gasteiger partial charge in [-0.05, 0) is 116 Å². The van der Waals surface area contributed by atoms with E-state index in [0.29, 0.717) is 24.5 Å². The molecular formula is C64H81FO10. The smallest absolute Gasteiger partial charge is 0.343 e. The standard InChI is InChI=1S/C64H81FO10/c1-3-5-7-9-11-13-15-17-18-20-21-23-25-27-46-70-54-39-32-50(33-40-54)61(66)72-55-41-34-51(35-42-55)62(67)74-57-30-29-31-58(49-57)75-63(68)52-36-43-56(44-37-52)73-64(69)53-38-45-60(59(65)48-53)71-47-28-26-24-22-19-16-14-12-10-8-6-4-2/h29-45,48-49H,3-28,46-47H2,1-2H3. The fraction of sp³-hybridized carbons (Fsp3) is 0.469. The van der Waals surface area contributed by atoms with Crippen LogP contribution >= 0.6 is 0 Å². The van der Waals surface area contributed by atoms with Crippen LogP contribution in [0.5, 0.6) is 34.5 Å². The van der Waals surface area contributed by atoms with E-state index in [4.69, 9.17) is 28.4 Å². The van der Waals surface area contributed by atoms with Crippen LogP contribution in [0.4, 0.5) is 4.39 Å². The topological polar surface area (TPSA) is 124 Å². The van der Waals surface area contributed by atoms with E-state index in [1.165, 1.54) is 214 Å². The molecule has 0 N–H and O–H groups in total. The Labute approximate surface area is 446 Å². The molecule has 11 heteroatoms. The fourth-order valence-electron chi connectivity index (χ4n) is 8.63. The molecule has 0 unspecified atom stereocenters. The summed E-state index contributed by atoms with van der Waals surface area (Å²) in [6.07, 6.45) is 33.0. The maximum absolute atomic E-state index is 14.8. The predicted octanol–water partition coefficient (Wildman–Crippen LogP) is 17.6. The van der Waals surface area contributed by atoms with Gasteiger partial charge in [0.1, 0.15) is 28.7 Å². The second-order valence-electron chi connectivity index (χ2n) is 19.4. The van der Waals surface area contributed by atoms with Crippen LogP contribution < -0.4 is 28.4 Å². The number of benzene rings is 5. The number of hydrogen-bond acceptors (Lipinski definition) is 10. The zero-order valence-electron chi connectivity index (χ0n) is 44.7. The number of hydrogen-bond donors (Lipinski definition) is 0. The van der Waals surface area contributed by atoms with E-state index in [-0.39, 0.29) is 45.4 Å². The molecule has 75 heavy (non-hydrogen) atoms. The predicted molar refractivity (Wildman–Crippen MR) is 294 cm³/mol. The quantitative estimate of drug-likeness (QED) is 0.0214. The summed E-state index contributed by atoms with van der Waals surface area (Å²) >= 11 is 0. The Morgan fingerprint density at radius 3 is 1.00 bits per heavy atom. The first kappa shape index (κ1) is 59.4. The minimum absolute atomic E-state index is 0.0143. The van der Waals surface area contributed by atoms with Crippen molar-refractivity contribution in [2.24, 2.45) is 0 Å². The lowest BCUT2D eigenvalue weighted by atomic mass is 10.0. The first-order chi connectivity index (χ1) is 36.7. The third-order valence-corrected chi connectivity index (χ3v) is 13.1. The molecule has 10 nitrogen and oxygen atoms in total. The number of carbonyl (C=O) groups excluding carboxylic acids is 4. The molecule has 5 aromatic rings. The van der Waals surface area contributed by atoms with Crippen molar-refractivity contribution in [2.45, 2.75) is 181 Å². The van der Waals surface area contributed by atoms with Crippen LogP contribution in [0.2, 0.25) is 0 Å². The number of esters is 4. The molecule has 0 saturated carbocycles. The number of halogens is 1. The summed E-state index contributed by atoms with van der Waals surface area (Å²) < 4.78 is 48.4. The van der Waals surface area contributed by atoms with Gasteiger partial charge in [-0.25, -0.2) is 23.6 Å². The van der Waals surface area contributed by atoms with Crippen molar-refractivity contribution in [1.82, 2.24) is 0 Å². The van der Waals surface area contributed by atoms with Gasteiger partial charge in [-0.1, -0.05) is 174 Å². The molecule has 0 aliphatic carbocycles. The van der Waals surface area contributed by atoms with Crippen LogP contribution in [0.15, 0.2) is 115 Å². The van der Waals surface area contributed by atoms with Crippen molar-refractivity contribution in [2.75, 3.05) is 13.2 Å². The highest BCUT2D eigenvalue weighted by Gasteiger charge is 2.17. The average Bonchev–Trinajstić information content (AvgIpc) is 3.42. The lowest BCUT2D eigenvalue weighted by molar-refractivity contribution is 0.0723. The second kappa shape index (κ2) is 35.7. The third kappa shape index (κ3) is 23.7. The number of ether oxygens (including phenoxy) is 6. The molecule has 0 aliphatic heterocycles. The Kier molecular flexibility index (Phi) is 28.2. The zero-order chi connectivity index (χ0) is 53.1. The van der Waals surface area contributed by atoms with Crippen molar-refractivity contribution in [3.8, 4) is 34.5 Å². The summed E-state index contributed by atoms with van der Waals surface area (Å²) in [6, 6.07) is 28.5. The fourth-order valence-corrected chi connectivity index (χ4v) is 8.63. The Hall–Kier alpha value is -6.49. The molecule has 0 heterocycles. The van der Waals surface area contributed by atoms with Gasteiger partial charge in [0.2, 0.25) is 0 Å². The maximum Gasteiger partial charge on any atom is 0.343 e. The minimum atomic E-state index is -0.768. The van der Waals surface area contributed by atoms with Crippen LogP contribution in [-0.4, -0.2) is 37.1 Å². The lowest BCUT2D eigenvalue weighted by Gasteiger charge is -2.10. The first-order valence-corrected chi connectivity index (χ1v) is 28.1. The SMILES string of the molecule is CCCCCCCCCCCCCCCCOc1ccc(C(=O)Oc2ccc(C(=O)Oc3cccc(OC(=O)c4ccc(OC(=O)c5ccc(OCCCCCCCCCCCCCC)c(F)c5)cc4)c3)cc2)cc1. The Morgan fingerprint density at radius 2 is 0.627 bits per heavy atom. The van der Waals surface area contributed by atoms with Gasteiger partial charge in [-0.2, -0.15) is 0 Å². The van der Waals surface area contributed by atoms with Gasteiger partial charge in [-0.15, -0.1) is 0 Å². The van der Waals surface area contributed by atoms with E-state index in [0.717, 1.165) is 38.2 Å². The van der Waals surface area contributed by atoms with E-state index in [2.05, 4.69) is 13.8 Å². The summed E-state index contributed by atoms with van der Waals surface area (Å²) in [6.45, 7) is 5.53. The van der Waals surface area contributed by atoms with Gasteiger partial charge < -0.3 is 28.4 Å². The van der Waals surface area contributed by atoms with E-state index >= 15 is 0 Å². The minimum Gasteiger partial charge on any atom is -0.494 e. The van der Waals surface area contributed by atoms with Crippen LogP contribution in [0, 0.1) is 5.82 Å². The summed E-state index contributed by atoms with van der Waals surface area (Å²) in [7, 11) is 0. The monoisotopic (exact) mass is 1030 g/mol. The molecule has 0 aromatic heterocycles. The highest BCUT2D eigenvalue weighted by molar-refractivity contribution is 5.94. The molecule has 5 aromatic carbocycles. The molecule has 0 atom stereocenters. The lowest BCUT2D eigenvalue weighted by Crippen LogP contribution is -2.11. The number of rotatable bonds is 38. The maximum atomic E-state index is 14.8. The van der Waals surface area contributed by atoms with Gasteiger partial charge in [-0.3, -0.25) is 0 Å². The van der Waals surface area contributed by atoms with Gasteiger partial charge in [0, 0.05) is 6.07 Å². The normalized spacial score (nSPS) is 11.0. The molecule has 5 rings (SSSR count). The largest absolute Gasteiger partial charge is 0.494 e. The van der Waals surface area contributed by atoms with Crippen LogP contribution in [0.25, 0.3) is 0 Å². The van der Waals surface area contributed by atoms with E-state index in [9.17, 15) is 23.6 Å². The van der Waals surface area contributed by atoms with Gasteiger partial charge >= 0.3 is 23.9 Å². The van der Waals surface area contributed by atoms with Crippen molar-refractivity contribution in [1.29, 1.82) is 0 Å². The molecular weight excluding hydrogens is 948 g/mol. The third-order valence-electron chi connectivity index (χ3n) is 13.1. The number of carbonyl (C=O) groups is 4. The van der Waals surface area contributed by atoms with Crippen LogP contribution in [0.1, 0.15) is 222 Å². The van der Waals surface area contributed by atoms with E-state index < -0.39 is 29.7 Å². The Bertz CT molecular complexity index is 2410. The highest BCUT2D eigenvalue weighted by Crippen LogP contribution is 2.25. The highest BCUT2D eigenvalue weighted by atomic mass is 19.1. The molecule has 0 spiro atoms. The molecule has 0 bridgehead atoms. The summed E-state index contributed by atoms with van der Waals surface area (Å²) in [4.78, 5) is 51.7. The Balaban J connectivity index is 0.946. The van der Waals surface area contributed by atoms with Crippen LogP contribution in [0.3, 0.4) is 0 Å². The summed E-state index contributed by atoms with van der Waals surface area (Å²) in [5, 5.41) is 0. The molecule has 0 saturated heterocycles. The zero-order valence-corrected chi connectivity index (χ0v) is 44.7. The second-order valence-corrected chi connectivity index (χ2v) is 19.4. The van der Waals surface area contributed by atoms with E-state index in [1.807, 2.05) is 0 Å². The molecule has 404 valence electrons. The van der Waals surface area contributed by atoms with Gasteiger partial charge in [0.15, 0.2) is 11.6 Å². The van der Waals surface area contributed by atoms with Crippen molar-refractivity contribution >= 4 is 23.9 Å². The van der Waals surface area contributed by atoms with Gasteiger partial charge in [0.25, 0.3) is 0 Å². The molecule has 0 fully saturated rings. The van der Waals surface area contributed by atoms with Crippen molar-refractivity contribution in [3.63, 3.8) is 0 Å². The van der Waals surface area contributed by atoms with Gasteiger partial charge in [0.05, 0.1) is 35.5 Å². The van der Waals surface area contributed by atoms with E-state index in [1.54, 1.807) is 30.3 Å². The Morgan fingerprint density at radius 1 is 0.320 bits per heavy atom. The van der Waals surface area contributed by atoms with Crippen molar-refractivity contribution in [3.05, 3.63) is 143 Å². The number of unbranched alkanes of at least 4 members (excludes halogenated alkanes) is 24. The molecule has 0 aliphatic rings. The first-order valence-electron chi connectivity index (χ1n) is 28.1. The van der Waals surface area contributed by atoms with Crippen LogP contribution in [-0.2, 0) is 0 Å². The summed E-state index contributed by atoms with van der Waals surface area (Å²) in [5.41, 5.74) is 0.744. The average molecular weight is 1030 g/mol. The molecule has 0 amide bonds. The van der Waals surface area contributed by atoms with Crippen molar-refractivity contribution < 1.29 is 52.0 Å².